The molecule has 0 bridgehead atoms. The number of hydrogen-bond acceptors (Lipinski definition) is 4. The minimum atomic E-state index is -1.49. The molecule has 0 aliphatic carbocycles. The van der Waals surface area contributed by atoms with Crippen LogP contribution in [0.2, 0.25) is 0 Å². The van der Waals surface area contributed by atoms with Crippen molar-refractivity contribution in [3.05, 3.63) is 26.5 Å². The van der Waals surface area contributed by atoms with Gasteiger partial charge in [-0.2, -0.15) is 5.26 Å². The van der Waals surface area contributed by atoms with E-state index in [0.717, 1.165) is 4.57 Å². The second kappa shape index (κ2) is 4.88. The van der Waals surface area contributed by atoms with E-state index in [4.69, 9.17) is 0 Å². The van der Waals surface area contributed by atoms with E-state index < -0.39 is 22.6 Å². The average Bonchev–Trinajstić information content (AvgIpc) is 2.70. The lowest BCUT2D eigenvalue weighted by atomic mass is 9.89. The maximum Gasteiger partial charge on any atom is 0.331 e. The molecule has 0 fully saturated rings. The van der Waals surface area contributed by atoms with Crippen molar-refractivity contribution in [2.24, 2.45) is 0 Å². The first-order chi connectivity index (χ1) is 9.88. The van der Waals surface area contributed by atoms with E-state index in [2.05, 4.69) is 0 Å². The molecule has 21 heavy (non-hydrogen) atoms. The van der Waals surface area contributed by atoms with Gasteiger partial charge in [0.2, 0.25) is 0 Å². The van der Waals surface area contributed by atoms with Gasteiger partial charge >= 0.3 is 5.69 Å². The van der Waals surface area contributed by atoms with Crippen molar-refractivity contribution >= 4 is 11.6 Å². The van der Waals surface area contributed by atoms with E-state index in [0.29, 0.717) is 6.54 Å². The molecule has 7 nitrogen and oxygen atoms in total. The monoisotopic (exact) mass is 290 g/mol. The fourth-order valence-corrected chi connectivity index (χ4v) is 2.88. The van der Waals surface area contributed by atoms with Crippen molar-refractivity contribution in [2.45, 2.75) is 46.2 Å². The van der Waals surface area contributed by atoms with Crippen molar-refractivity contribution in [3.8, 4) is 6.07 Å². The number of likely N-dealkylation sites (N-methyl/N-ethyl adjacent to an activating group) is 1. The van der Waals surface area contributed by atoms with Gasteiger partial charge in [0.05, 0.1) is 11.8 Å². The Morgan fingerprint density at radius 1 is 1.05 bits per heavy atom. The third-order valence-electron chi connectivity index (χ3n) is 3.99. The second-order valence-corrected chi connectivity index (χ2v) is 5.06. The fraction of sp³-hybridized carbons (Fsp3) is 0.571. The summed E-state index contributed by atoms with van der Waals surface area (Å²) in [5, 5.41) is 9.46. The number of aromatic nitrogens is 2. The predicted molar refractivity (Wildman–Crippen MR) is 77.3 cm³/mol. The molecular formula is C14H18N4O3. The standard InChI is InChI=1S/C14H18N4O3/c1-5-16-9-10(14(4,8-15)12(16)20)17(6-2)13(21)18(7-3)11(9)19/h5-7H2,1-4H3. The number of hydrogen-bond donors (Lipinski definition) is 0. The zero-order valence-electron chi connectivity index (χ0n) is 12.6. The lowest BCUT2D eigenvalue weighted by Gasteiger charge is -2.18. The Morgan fingerprint density at radius 2 is 1.62 bits per heavy atom. The summed E-state index contributed by atoms with van der Waals surface area (Å²) in [6.45, 7) is 7.45. The second-order valence-electron chi connectivity index (χ2n) is 5.06. The van der Waals surface area contributed by atoms with Gasteiger partial charge < -0.3 is 4.90 Å². The molecule has 1 aliphatic heterocycles. The van der Waals surface area contributed by atoms with Crippen LogP contribution in [0.15, 0.2) is 9.59 Å². The molecule has 0 radical (unpaired) electrons. The number of carbonyl (C=O) groups excluding carboxylic acids is 1. The Labute approximate surface area is 122 Å². The highest BCUT2D eigenvalue weighted by Crippen LogP contribution is 2.38. The smallest absolute Gasteiger partial charge is 0.305 e. The molecule has 1 atom stereocenters. The molecule has 1 unspecified atom stereocenters. The molecule has 2 heterocycles. The molecule has 1 aliphatic rings. The summed E-state index contributed by atoms with van der Waals surface area (Å²) in [5.41, 5.74) is -2.09. The van der Waals surface area contributed by atoms with Crippen LogP contribution in [0.4, 0.5) is 5.69 Å². The molecule has 1 amide bonds. The van der Waals surface area contributed by atoms with Gasteiger partial charge in [-0.25, -0.2) is 4.79 Å². The Balaban J connectivity index is 3.06. The van der Waals surface area contributed by atoms with Gasteiger partial charge in [-0.3, -0.25) is 18.7 Å². The van der Waals surface area contributed by atoms with Crippen LogP contribution in [-0.2, 0) is 23.3 Å². The van der Waals surface area contributed by atoms with E-state index in [1.165, 1.54) is 16.4 Å². The largest absolute Gasteiger partial charge is 0.331 e. The van der Waals surface area contributed by atoms with Gasteiger partial charge in [-0.05, 0) is 27.7 Å². The van der Waals surface area contributed by atoms with E-state index in [-0.39, 0.29) is 24.5 Å². The molecule has 7 heteroatoms. The molecular weight excluding hydrogens is 272 g/mol. The molecule has 0 aromatic carbocycles. The first kappa shape index (κ1) is 15.0. The highest BCUT2D eigenvalue weighted by molar-refractivity contribution is 6.09. The summed E-state index contributed by atoms with van der Waals surface area (Å²) in [4.78, 5) is 38.8. The van der Waals surface area contributed by atoms with Crippen molar-refractivity contribution in [1.29, 1.82) is 5.26 Å². The van der Waals surface area contributed by atoms with Gasteiger partial charge in [0.1, 0.15) is 5.69 Å². The number of nitriles is 1. The Kier molecular flexibility index (Phi) is 3.49. The van der Waals surface area contributed by atoms with E-state index in [9.17, 15) is 19.6 Å². The molecule has 0 saturated carbocycles. The van der Waals surface area contributed by atoms with Crippen LogP contribution in [0, 0.1) is 11.3 Å². The average molecular weight is 290 g/mol. The molecule has 1 aromatic heterocycles. The summed E-state index contributed by atoms with van der Waals surface area (Å²) in [6, 6.07) is 1.98. The maximum atomic E-state index is 12.5. The number of fused-ring (bicyclic) bond motifs is 1. The summed E-state index contributed by atoms with van der Waals surface area (Å²) in [7, 11) is 0. The van der Waals surface area contributed by atoms with Crippen molar-refractivity contribution < 1.29 is 4.79 Å². The quantitative estimate of drug-likeness (QED) is 0.795. The maximum absolute atomic E-state index is 12.5. The minimum Gasteiger partial charge on any atom is -0.305 e. The van der Waals surface area contributed by atoms with Crippen LogP contribution in [0.5, 0.6) is 0 Å². The highest BCUT2D eigenvalue weighted by Gasteiger charge is 2.51. The van der Waals surface area contributed by atoms with Crippen molar-refractivity contribution in [3.63, 3.8) is 0 Å². The zero-order chi connectivity index (χ0) is 15.9. The third-order valence-corrected chi connectivity index (χ3v) is 3.99. The van der Waals surface area contributed by atoms with Crippen molar-refractivity contribution in [2.75, 3.05) is 11.4 Å². The topological polar surface area (TPSA) is 88.1 Å². The number of nitrogens with zero attached hydrogens (tertiary/aromatic N) is 4. The number of carbonyl (C=O) groups is 1. The third kappa shape index (κ3) is 1.68. The predicted octanol–water partition coefficient (Wildman–Crippen LogP) is 0.198. The van der Waals surface area contributed by atoms with Gasteiger partial charge in [0, 0.05) is 19.6 Å². The first-order valence-electron chi connectivity index (χ1n) is 7.00. The minimum absolute atomic E-state index is 0.162. The fourth-order valence-electron chi connectivity index (χ4n) is 2.88. The van der Waals surface area contributed by atoms with E-state index >= 15 is 0 Å². The van der Waals surface area contributed by atoms with E-state index in [1.54, 1.807) is 20.8 Å². The summed E-state index contributed by atoms with van der Waals surface area (Å²) >= 11 is 0. The van der Waals surface area contributed by atoms with Crippen LogP contribution in [0.25, 0.3) is 0 Å². The van der Waals surface area contributed by atoms with Gasteiger partial charge in [0.25, 0.3) is 11.5 Å². The van der Waals surface area contributed by atoms with Crippen LogP contribution in [-0.4, -0.2) is 21.6 Å². The Bertz CT molecular complexity index is 768. The number of rotatable bonds is 3. The Hall–Kier alpha value is -2.36. The molecule has 2 rings (SSSR count). The number of anilines is 1. The lowest BCUT2D eigenvalue weighted by Crippen LogP contribution is -2.43. The molecule has 0 N–H and O–H groups in total. The molecule has 0 spiro atoms. The summed E-state index contributed by atoms with van der Waals surface area (Å²) in [5.74, 6) is -0.449. The molecule has 0 saturated heterocycles. The van der Waals surface area contributed by atoms with Crippen LogP contribution in [0.3, 0.4) is 0 Å². The lowest BCUT2D eigenvalue weighted by molar-refractivity contribution is -0.121. The Morgan fingerprint density at radius 3 is 2.05 bits per heavy atom. The van der Waals surface area contributed by atoms with Gasteiger partial charge in [-0.15, -0.1) is 0 Å². The molecule has 1 aromatic rings. The molecule has 112 valence electrons. The summed E-state index contributed by atoms with van der Waals surface area (Å²) < 4.78 is 2.46. The van der Waals surface area contributed by atoms with Crippen LogP contribution < -0.4 is 16.1 Å². The SMILES string of the molecule is CCN1C(=O)C(C)(C#N)c2c1c(=O)n(CC)c(=O)n2CC. The highest BCUT2D eigenvalue weighted by atomic mass is 16.2. The van der Waals surface area contributed by atoms with Gasteiger partial charge in [0.15, 0.2) is 5.41 Å². The first-order valence-corrected chi connectivity index (χ1v) is 7.00. The van der Waals surface area contributed by atoms with E-state index in [1.807, 2.05) is 6.07 Å². The summed E-state index contributed by atoms with van der Waals surface area (Å²) in [6.07, 6.45) is 0. The number of amides is 1. The zero-order valence-corrected chi connectivity index (χ0v) is 12.6. The normalized spacial score (nSPS) is 20.5. The van der Waals surface area contributed by atoms with Gasteiger partial charge in [-0.1, -0.05) is 0 Å². The van der Waals surface area contributed by atoms with Crippen LogP contribution >= 0.6 is 0 Å². The van der Waals surface area contributed by atoms with Crippen molar-refractivity contribution in [1.82, 2.24) is 9.13 Å². The van der Waals surface area contributed by atoms with Crippen LogP contribution in [0.1, 0.15) is 33.4 Å².